The van der Waals surface area contributed by atoms with E-state index < -0.39 is 10.4 Å². The maximum Gasteiger partial charge on any atom is 0.394 e. The van der Waals surface area contributed by atoms with Gasteiger partial charge in [-0.1, -0.05) is 0 Å². The van der Waals surface area contributed by atoms with E-state index in [2.05, 4.69) is 9.97 Å². The van der Waals surface area contributed by atoms with E-state index >= 15 is 0 Å². The van der Waals surface area contributed by atoms with Gasteiger partial charge in [-0.25, -0.2) is 9.78 Å². The van der Waals surface area contributed by atoms with Gasteiger partial charge in [-0.2, -0.15) is 8.42 Å². The van der Waals surface area contributed by atoms with Crippen LogP contribution in [0.2, 0.25) is 0 Å². The van der Waals surface area contributed by atoms with Gasteiger partial charge in [0.15, 0.2) is 0 Å². The molecule has 1 aromatic heterocycles. The van der Waals surface area contributed by atoms with Crippen LogP contribution < -0.4 is 5.69 Å². The zero-order valence-corrected chi connectivity index (χ0v) is 7.75. The molecule has 3 N–H and O–H groups in total. The number of aromatic amines is 1. The Morgan fingerprint density at radius 3 is 2.00 bits per heavy atom. The highest BCUT2D eigenvalue weighted by atomic mass is 35.5. The molecule has 0 atom stereocenters. The molecule has 0 saturated heterocycles. The largest absolute Gasteiger partial charge is 0.394 e. The van der Waals surface area contributed by atoms with E-state index in [0.29, 0.717) is 0 Å². The van der Waals surface area contributed by atoms with Crippen LogP contribution in [0.25, 0.3) is 0 Å². The number of H-pyrrole nitrogens is 1. The minimum atomic E-state index is -4.67. The first-order valence-electron chi connectivity index (χ1n) is 2.59. The van der Waals surface area contributed by atoms with E-state index in [9.17, 15) is 4.79 Å². The molecule has 0 fully saturated rings. The zero-order valence-electron chi connectivity index (χ0n) is 6.11. The molecule has 0 bridgehead atoms. The van der Waals surface area contributed by atoms with Gasteiger partial charge in [-0.3, -0.25) is 9.11 Å². The van der Waals surface area contributed by atoms with Crippen molar-refractivity contribution in [1.82, 2.24) is 9.97 Å². The normalized spacial score (nSPS) is 9.08. The Balaban J connectivity index is 0. The second kappa shape index (κ2) is 6.54. The van der Waals surface area contributed by atoms with Gasteiger partial charge in [0, 0.05) is 12.4 Å². The number of hydrogen-bond acceptors (Lipinski definition) is 4. The lowest BCUT2D eigenvalue weighted by atomic mass is 10.7. The first-order chi connectivity index (χ1) is 5.39. The number of nitrogens with zero attached hydrogens (tertiary/aromatic N) is 1. The fraction of sp³-hybridized carbons (Fsp3) is 0. The van der Waals surface area contributed by atoms with Gasteiger partial charge >= 0.3 is 16.1 Å². The molecule has 0 aliphatic heterocycles. The van der Waals surface area contributed by atoms with Crippen molar-refractivity contribution in [3.8, 4) is 0 Å². The van der Waals surface area contributed by atoms with Crippen molar-refractivity contribution < 1.29 is 17.5 Å². The summed E-state index contributed by atoms with van der Waals surface area (Å²) in [6.07, 6.45) is 2.98. The van der Waals surface area contributed by atoms with Gasteiger partial charge in [0.1, 0.15) is 0 Å². The van der Waals surface area contributed by atoms with Crippen LogP contribution in [0, 0.1) is 0 Å². The molecule has 0 unspecified atom stereocenters. The molecular formula is C4H7ClN2O5S. The van der Waals surface area contributed by atoms with Crippen LogP contribution in [-0.4, -0.2) is 27.5 Å². The van der Waals surface area contributed by atoms with Crippen molar-refractivity contribution in [2.45, 2.75) is 0 Å². The maximum absolute atomic E-state index is 10.1. The summed E-state index contributed by atoms with van der Waals surface area (Å²) in [5, 5.41) is 0. The summed E-state index contributed by atoms with van der Waals surface area (Å²) in [6.45, 7) is 0. The monoisotopic (exact) mass is 230 g/mol. The van der Waals surface area contributed by atoms with Crippen LogP contribution in [0.1, 0.15) is 0 Å². The van der Waals surface area contributed by atoms with E-state index in [1.54, 1.807) is 6.07 Å². The molecule has 0 amide bonds. The van der Waals surface area contributed by atoms with E-state index in [1.165, 1.54) is 12.4 Å². The van der Waals surface area contributed by atoms with E-state index in [-0.39, 0.29) is 18.1 Å². The van der Waals surface area contributed by atoms with Crippen molar-refractivity contribution >= 4 is 22.8 Å². The van der Waals surface area contributed by atoms with Crippen LogP contribution in [-0.2, 0) is 10.4 Å². The number of aromatic nitrogens is 2. The summed E-state index contributed by atoms with van der Waals surface area (Å²) in [5.74, 6) is 0. The number of hydrogen-bond donors (Lipinski definition) is 3. The predicted molar refractivity (Wildman–Crippen MR) is 46.3 cm³/mol. The fourth-order valence-electron chi connectivity index (χ4n) is 0.310. The summed E-state index contributed by atoms with van der Waals surface area (Å²) >= 11 is 0. The van der Waals surface area contributed by atoms with Gasteiger partial charge in [0.05, 0.1) is 0 Å². The Morgan fingerprint density at radius 2 is 1.85 bits per heavy atom. The van der Waals surface area contributed by atoms with E-state index in [1.807, 2.05) is 0 Å². The second-order valence-electron chi connectivity index (χ2n) is 1.53. The Labute approximate surface area is 79.8 Å². The number of nitrogens with one attached hydrogen (secondary N) is 1. The predicted octanol–water partition coefficient (Wildman–Crippen LogP) is -0.461. The molecule has 1 aromatic rings. The molecule has 0 saturated carbocycles. The van der Waals surface area contributed by atoms with Crippen molar-refractivity contribution in [3.63, 3.8) is 0 Å². The lowest BCUT2D eigenvalue weighted by Crippen LogP contribution is -2.05. The number of halogens is 1. The van der Waals surface area contributed by atoms with Gasteiger partial charge in [0.2, 0.25) is 0 Å². The Hall–Kier alpha value is -0.960. The summed E-state index contributed by atoms with van der Waals surface area (Å²) in [4.78, 5) is 15.8. The highest BCUT2D eigenvalue weighted by Gasteiger charge is 1.84. The zero-order chi connectivity index (χ0) is 9.61. The topological polar surface area (TPSA) is 120 Å². The highest BCUT2D eigenvalue weighted by molar-refractivity contribution is 7.79. The molecule has 1 rings (SSSR count). The molecular weight excluding hydrogens is 224 g/mol. The molecule has 7 nitrogen and oxygen atoms in total. The van der Waals surface area contributed by atoms with Crippen LogP contribution in [0.15, 0.2) is 23.3 Å². The summed E-state index contributed by atoms with van der Waals surface area (Å²) < 4.78 is 31.6. The average molecular weight is 231 g/mol. The van der Waals surface area contributed by atoms with Crippen molar-refractivity contribution in [2.24, 2.45) is 0 Å². The SMILES string of the molecule is Cl.O=S(=O)(O)O.O=c1nccc[nH]1. The first-order valence-corrected chi connectivity index (χ1v) is 3.99. The van der Waals surface area contributed by atoms with Gasteiger partial charge < -0.3 is 4.98 Å². The molecule has 0 aromatic carbocycles. The van der Waals surface area contributed by atoms with Crippen molar-refractivity contribution in [2.75, 3.05) is 0 Å². The molecule has 0 radical (unpaired) electrons. The van der Waals surface area contributed by atoms with Crippen LogP contribution >= 0.6 is 12.4 Å². The quantitative estimate of drug-likeness (QED) is 0.519. The highest BCUT2D eigenvalue weighted by Crippen LogP contribution is 1.61. The lowest BCUT2D eigenvalue weighted by Gasteiger charge is -1.72. The second-order valence-corrected chi connectivity index (χ2v) is 2.43. The van der Waals surface area contributed by atoms with Crippen molar-refractivity contribution in [1.29, 1.82) is 0 Å². The van der Waals surface area contributed by atoms with Crippen molar-refractivity contribution in [3.05, 3.63) is 28.9 Å². The summed E-state index contributed by atoms with van der Waals surface area (Å²) in [5.41, 5.74) is -0.303. The molecule has 1 heterocycles. The minimum Gasteiger partial charge on any atom is -0.313 e. The van der Waals surface area contributed by atoms with E-state index in [0.717, 1.165) is 0 Å². The standard InChI is InChI=1S/C4H4N2O.ClH.H2O4S/c7-4-5-2-1-3-6-4;;1-5(2,3)4/h1-3H,(H,5,6,7);1H;(H2,1,2,3,4). The Kier molecular flexibility index (Phi) is 7.33. The molecule has 13 heavy (non-hydrogen) atoms. The van der Waals surface area contributed by atoms with Gasteiger partial charge in [-0.15, -0.1) is 12.4 Å². The molecule has 76 valence electrons. The molecule has 9 heteroatoms. The number of rotatable bonds is 0. The van der Waals surface area contributed by atoms with Gasteiger partial charge in [0.25, 0.3) is 0 Å². The maximum atomic E-state index is 10.1. The van der Waals surface area contributed by atoms with Crippen LogP contribution in [0.5, 0.6) is 0 Å². The molecule has 0 aliphatic rings. The van der Waals surface area contributed by atoms with Gasteiger partial charge in [-0.05, 0) is 6.07 Å². The smallest absolute Gasteiger partial charge is 0.313 e. The minimum absolute atomic E-state index is 0. The molecule has 0 aliphatic carbocycles. The third kappa shape index (κ3) is 18.2. The first kappa shape index (κ1) is 14.6. The Bertz CT molecular complexity index is 349. The van der Waals surface area contributed by atoms with Crippen LogP contribution in [0.4, 0.5) is 0 Å². The third-order valence-corrected chi connectivity index (χ3v) is 0.581. The summed E-state index contributed by atoms with van der Waals surface area (Å²) in [6, 6.07) is 1.65. The van der Waals surface area contributed by atoms with Crippen LogP contribution in [0.3, 0.4) is 0 Å². The molecule has 0 spiro atoms. The fourth-order valence-corrected chi connectivity index (χ4v) is 0.310. The Morgan fingerprint density at radius 1 is 1.38 bits per heavy atom. The lowest BCUT2D eigenvalue weighted by molar-refractivity contribution is 0.381. The summed E-state index contributed by atoms with van der Waals surface area (Å²) in [7, 11) is -4.67. The average Bonchev–Trinajstić information content (AvgIpc) is 1.85. The third-order valence-electron chi connectivity index (χ3n) is 0.581. The van der Waals surface area contributed by atoms with E-state index in [4.69, 9.17) is 17.5 Å².